The van der Waals surface area contributed by atoms with Crippen LogP contribution in [-0.2, 0) is 24.1 Å². The summed E-state index contributed by atoms with van der Waals surface area (Å²) in [5.74, 6) is 0.283. The first-order valence-corrected chi connectivity index (χ1v) is 5.73. The fourth-order valence-electron chi connectivity index (χ4n) is 1.98. The van der Waals surface area contributed by atoms with Gasteiger partial charge in [-0.3, -0.25) is 4.79 Å². The highest BCUT2D eigenvalue weighted by molar-refractivity contribution is 7.10. The lowest BCUT2D eigenvalue weighted by Crippen LogP contribution is -2.03. The van der Waals surface area contributed by atoms with Crippen molar-refractivity contribution in [3.8, 4) is 0 Å². The average molecular weight is 194 g/mol. The molecular weight excluding hydrogens is 180 g/mol. The van der Waals surface area contributed by atoms with Crippen LogP contribution in [0.5, 0.6) is 0 Å². The molecule has 0 bridgehead atoms. The molecule has 0 amide bonds. The third-order valence-corrected chi connectivity index (χ3v) is 3.73. The first-order chi connectivity index (χ1) is 6.27. The van der Waals surface area contributed by atoms with E-state index in [0.717, 1.165) is 0 Å². The number of aryl methyl sites for hydroxylation is 1. The van der Waals surface area contributed by atoms with E-state index in [4.69, 9.17) is 0 Å². The van der Waals surface area contributed by atoms with Crippen molar-refractivity contribution in [2.75, 3.05) is 0 Å². The van der Waals surface area contributed by atoms with Crippen LogP contribution < -0.4 is 0 Å². The summed E-state index contributed by atoms with van der Waals surface area (Å²) in [6, 6.07) is 0. The number of hydrogen-bond acceptors (Lipinski definition) is 2. The molecule has 0 aliphatic heterocycles. The minimum atomic E-state index is 0.283. The molecule has 1 aliphatic carbocycles. The van der Waals surface area contributed by atoms with Crippen molar-refractivity contribution >= 4 is 17.1 Å². The Hall–Kier alpha value is -0.630. The van der Waals surface area contributed by atoms with Gasteiger partial charge in [0.05, 0.1) is 0 Å². The highest BCUT2D eigenvalue weighted by Crippen LogP contribution is 2.30. The van der Waals surface area contributed by atoms with E-state index in [2.05, 4.69) is 5.38 Å². The van der Waals surface area contributed by atoms with Crippen LogP contribution in [0.4, 0.5) is 0 Å². The van der Waals surface area contributed by atoms with Gasteiger partial charge in [-0.05, 0) is 49.1 Å². The molecule has 1 aromatic heterocycles. The summed E-state index contributed by atoms with van der Waals surface area (Å²) in [7, 11) is 0. The van der Waals surface area contributed by atoms with E-state index in [1.165, 1.54) is 41.7 Å². The maximum Gasteiger partial charge on any atom is 0.134 e. The quantitative estimate of drug-likeness (QED) is 0.707. The van der Waals surface area contributed by atoms with Crippen LogP contribution in [0, 0.1) is 0 Å². The highest BCUT2D eigenvalue weighted by atomic mass is 32.1. The second-order valence-corrected chi connectivity index (χ2v) is 4.71. The molecule has 0 fully saturated rings. The Bertz CT molecular complexity index is 325. The van der Waals surface area contributed by atoms with Crippen LogP contribution in [0.2, 0.25) is 0 Å². The number of carbonyl (C=O) groups excluding carboxylic acids is 1. The van der Waals surface area contributed by atoms with E-state index < -0.39 is 0 Å². The first-order valence-electron chi connectivity index (χ1n) is 4.85. The van der Waals surface area contributed by atoms with Crippen molar-refractivity contribution in [1.29, 1.82) is 0 Å². The van der Waals surface area contributed by atoms with Crippen LogP contribution in [0.25, 0.3) is 0 Å². The van der Waals surface area contributed by atoms with Gasteiger partial charge in [0.2, 0.25) is 0 Å². The molecule has 0 N–H and O–H groups in total. The minimum absolute atomic E-state index is 0.283. The maximum absolute atomic E-state index is 11.0. The van der Waals surface area contributed by atoms with Gasteiger partial charge in [0.25, 0.3) is 0 Å². The van der Waals surface area contributed by atoms with E-state index in [0.29, 0.717) is 6.42 Å². The van der Waals surface area contributed by atoms with E-state index in [1.54, 1.807) is 6.92 Å². The summed E-state index contributed by atoms with van der Waals surface area (Å²) in [5, 5.41) is 2.18. The highest BCUT2D eigenvalue weighted by Gasteiger charge is 2.15. The molecule has 0 unspecified atom stereocenters. The topological polar surface area (TPSA) is 17.1 Å². The van der Waals surface area contributed by atoms with Crippen molar-refractivity contribution in [2.45, 2.75) is 39.0 Å². The zero-order chi connectivity index (χ0) is 9.26. The smallest absolute Gasteiger partial charge is 0.134 e. The van der Waals surface area contributed by atoms with Gasteiger partial charge in [0, 0.05) is 11.3 Å². The molecule has 0 radical (unpaired) electrons. The molecule has 1 aliphatic rings. The summed E-state index contributed by atoms with van der Waals surface area (Å²) in [5.41, 5.74) is 2.79. The lowest BCUT2D eigenvalue weighted by Gasteiger charge is -2.11. The van der Waals surface area contributed by atoms with Gasteiger partial charge >= 0.3 is 0 Å². The summed E-state index contributed by atoms with van der Waals surface area (Å²) >= 11 is 1.84. The number of Topliss-reactive ketones (excluding diaryl/α,β-unsaturated/α-hetero) is 1. The number of rotatable bonds is 2. The summed E-state index contributed by atoms with van der Waals surface area (Å²) in [4.78, 5) is 12.5. The van der Waals surface area contributed by atoms with Gasteiger partial charge in [-0.25, -0.2) is 0 Å². The molecular formula is C11H14OS. The molecule has 0 atom stereocenters. The van der Waals surface area contributed by atoms with Gasteiger partial charge < -0.3 is 0 Å². The maximum atomic E-state index is 11.0. The Labute approximate surface area is 82.8 Å². The molecule has 13 heavy (non-hydrogen) atoms. The molecule has 0 spiro atoms. The molecule has 0 saturated heterocycles. The second kappa shape index (κ2) is 3.62. The first kappa shape index (κ1) is 8.95. The molecule has 70 valence electrons. The monoisotopic (exact) mass is 194 g/mol. The van der Waals surface area contributed by atoms with E-state index >= 15 is 0 Å². The predicted octanol–water partition coefficient (Wildman–Crippen LogP) is 2.76. The summed E-state index contributed by atoms with van der Waals surface area (Å²) < 4.78 is 0. The molecule has 1 aromatic rings. The Balaban J connectivity index is 2.26. The molecule has 1 heterocycles. The summed E-state index contributed by atoms with van der Waals surface area (Å²) in [6.07, 6.45) is 5.70. The van der Waals surface area contributed by atoms with Crippen molar-refractivity contribution < 1.29 is 4.79 Å². The Morgan fingerprint density at radius 2 is 2.23 bits per heavy atom. The van der Waals surface area contributed by atoms with Gasteiger partial charge in [-0.15, -0.1) is 11.3 Å². The summed E-state index contributed by atoms with van der Waals surface area (Å²) in [6.45, 7) is 1.67. The number of hydrogen-bond donors (Lipinski definition) is 0. The van der Waals surface area contributed by atoms with E-state index in [-0.39, 0.29) is 5.78 Å². The largest absolute Gasteiger partial charge is 0.300 e. The third-order valence-electron chi connectivity index (χ3n) is 2.59. The van der Waals surface area contributed by atoms with Gasteiger partial charge in [0.15, 0.2) is 0 Å². The number of thiophene rings is 1. The van der Waals surface area contributed by atoms with Crippen molar-refractivity contribution in [3.05, 3.63) is 21.4 Å². The van der Waals surface area contributed by atoms with Crippen LogP contribution in [0.15, 0.2) is 5.38 Å². The van der Waals surface area contributed by atoms with Gasteiger partial charge in [-0.2, -0.15) is 0 Å². The Morgan fingerprint density at radius 3 is 3.00 bits per heavy atom. The third kappa shape index (κ3) is 1.83. The van der Waals surface area contributed by atoms with Crippen LogP contribution >= 0.6 is 11.3 Å². The standard InChI is InChI=1S/C11H14OS/c1-8(12)6-9-7-13-11-5-3-2-4-10(9)11/h7H,2-6H2,1H3. The zero-order valence-corrected chi connectivity index (χ0v) is 8.75. The molecule has 2 rings (SSSR count). The fourth-order valence-corrected chi connectivity index (χ4v) is 3.12. The van der Waals surface area contributed by atoms with E-state index in [1.807, 2.05) is 11.3 Å². The normalized spacial score (nSPS) is 15.5. The average Bonchev–Trinajstić information content (AvgIpc) is 2.48. The molecule has 2 heteroatoms. The Kier molecular flexibility index (Phi) is 2.49. The van der Waals surface area contributed by atoms with Gasteiger partial charge in [0.1, 0.15) is 5.78 Å². The van der Waals surface area contributed by atoms with Crippen molar-refractivity contribution in [3.63, 3.8) is 0 Å². The predicted molar refractivity (Wildman–Crippen MR) is 55.3 cm³/mol. The molecule has 0 aromatic carbocycles. The fraction of sp³-hybridized carbons (Fsp3) is 0.545. The second-order valence-electron chi connectivity index (χ2n) is 3.75. The van der Waals surface area contributed by atoms with Crippen LogP contribution in [0.3, 0.4) is 0 Å². The van der Waals surface area contributed by atoms with Crippen molar-refractivity contribution in [2.24, 2.45) is 0 Å². The van der Waals surface area contributed by atoms with Gasteiger partial charge in [-0.1, -0.05) is 0 Å². The minimum Gasteiger partial charge on any atom is -0.300 e. The zero-order valence-electron chi connectivity index (χ0n) is 7.93. The van der Waals surface area contributed by atoms with E-state index in [9.17, 15) is 4.79 Å². The number of fused-ring (bicyclic) bond motifs is 1. The van der Waals surface area contributed by atoms with Crippen molar-refractivity contribution in [1.82, 2.24) is 0 Å². The molecule has 1 nitrogen and oxygen atoms in total. The van der Waals surface area contributed by atoms with Crippen LogP contribution in [0.1, 0.15) is 35.8 Å². The van der Waals surface area contributed by atoms with Crippen LogP contribution in [-0.4, -0.2) is 5.78 Å². The SMILES string of the molecule is CC(=O)Cc1csc2c1CCCC2. The number of carbonyl (C=O) groups is 1. The molecule has 0 saturated carbocycles. The Morgan fingerprint density at radius 1 is 1.46 bits per heavy atom. The lowest BCUT2D eigenvalue weighted by atomic mass is 9.94. The lowest BCUT2D eigenvalue weighted by molar-refractivity contribution is -0.116. The number of ketones is 1.